The number of nitrogens with one attached hydrogen (secondary N) is 1. The van der Waals surface area contributed by atoms with Crippen molar-refractivity contribution in [3.05, 3.63) is 51.2 Å². The highest BCUT2D eigenvalue weighted by atomic mass is 32.1. The van der Waals surface area contributed by atoms with Gasteiger partial charge in [0, 0.05) is 22.9 Å². The molecule has 3 aromatic rings. The third kappa shape index (κ3) is 2.41. The van der Waals surface area contributed by atoms with Crippen molar-refractivity contribution >= 4 is 33.7 Å². The Morgan fingerprint density at radius 1 is 1.30 bits per heavy atom. The molecule has 0 bridgehead atoms. The SMILES string of the molecule is O=[N+]([O-])c1ccc2ncnc(NCc3cscn3)c2c1. The van der Waals surface area contributed by atoms with Gasteiger partial charge in [-0.05, 0) is 6.07 Å². The van der Waals surface area contributed by atoms with Crippen LogP contribution in [0, 0.1) is 10.1 Å². The quantitative estimate of drug-likeness (QED) is 0.585. The molecular formula is C12H9N5O2S. The molecule has 100 valence electrons. The van der Waals surface area contributed by atoms with Crippen molar-refractivity contribution < 1.29 is 4.92 Å². The number of nitrogens with zero attached hydrogens (tertiary/aromatic N) is 4. The first kappa shape index (κ1) is 12.4. The summed E-state index contributed by atoms with van der Waals surface area (Å²) in [5, 5.41) is 16.5. The number of thiazole rings is 1. The third-order valence-corrected chi connectivity index (χ3v) is 3.39. The maximum absolute atomic E-state index is 10.8. The van der Waals surface area contributed by atoms with Gasteiger partial charge in [-0.1, -0.05) is 0 Å². The first-order valence-electron chi connectivity index (χ1n) is 5.74. The van der Waals surface area contributed by atoms with Crippen molar-refractivity contribution in [2.75, 3.05) is 5.32 Å². The van der Waals surface area contributed by atoms with Gasteiger partial charge in [-0.3, -0.25) is 10.1 Å². The predicted molar refractivity (Wildman–Crippen MR) is 75.6 cm³/mol. The molecule has 0 aliphatic rings. The zero-order valence-electron chi connectivity index (χ0n) is 10.2. The summed E-state index contributed by atoms with van der Waals surface area (Å²) in [6.07, 6.45) is 1.43. The highest BCUT2D eigenvalue weighted by Crippen LogP contribution is 2.24. The zero-order chi connectivity index (χ0) is 13.9. The molecule has 2 aromatic heterocycles. The van der Waals surface area contributed by atoms with E-state index in [9.17, 15) is 10.1 Å². The van der Waals surface area contributed by atoms with Crippen LogP contribution in [-0.2, 0) is 6.54 Å². The predicted octanol–water partition coefficient (Wildman–Crippen LogP) is 2.61. The van der Waals surface area contributed by atoms with Crippen molar-refractivity contribution in [1.29, 1.82) is 0 Å². The molecule has 2 heterocycles. The van der Waals surface area contributed by atoms with Gasteiger partial charge in [-0.15, -0.1) is 11.3 Å². The summed E-state index contributed by atoms with van der Waals surface area (Å²) in [6, 6.07) is 4.52. The fourth-order valence-corrected chi connectivity index (χ4v) is 2.36. The molecule has 0 amide bonds. The monoisotopic (exact) mass is 287 g/mol. The number of anilines is 1. The molecule has 0 fully saturated rings. The fourth-order valence-electron chi connectivity index (χ4n) is 1.80. The largest absolute Gasteiger partial charge is 0.364 e. The molecule has 0 radical (unpaired) electrons. The summed E-state index contributed by atoms with van der Waals surface area (Å²) in [6.45, 7) is 0.512. The van der Waals surface area contributed by atoms with Crippen LogP contribution in [0.2, 0.25) is 0 Å². The van der Waals surface area contributed by atoms with E-state index in [4.69, 9.17) is 0 Å². The van der Waals surface area contributed by atoms with Crippen molar-refractivity contribution in [1.82, 2.24) is 15.0 Å². The van der Waals surface area contributed by atoms with Gasteiger partial charge in [0.2, 0.25) is 0 Å². The van der Waals surface area contributed by atoms with Crippen LogP contribution in [-0.4, -0.2) is 19.9 Å². The van der Waals surface area contributed by atoms with E-state index in [-0.39, 0.29) is 5.69 Å². The van der Waals surface area contributed by atoms with E-state index in [1.54, 1.807) is 11.6 Å². The van der Waals surface area contributed by atoms with Crippen molar-refractivity contribution in [3.8, 4) is 0 Å². The van der Waals surface area contributed by atoms with E-state index in [1.807, 2.05) is 5.38 Å². The van der Waals surface area contributed by atoms with Gasteiger partial charge in [0.25, 0.3) is 5.69 Å². The van der Waals surface area contributed by atoms with Gasteiger partial charge in [0.15, 0.2) is 0 Å². The molecule has 8 heteroatoms. The van der Waals surface area contributed by atoms with Gasteiger partial charge < -0.3 is 5.32 Å². The van der Waals surface area contributed by atoms with E-state index < -0.39 is 4.92 Å². The average molecular weight is 287 g/mol. The first-order chi connectivity index (χ1) is 9.74. The molecule has 0 aliphatic heterocycles. The van der Waals surface area contributed by atoms with Crippen LogP contribution in [0.1, 0.15) is 5.69 Å². The van der Waals surface area contributed by atoms with Crippen LogP contribution in [0.25, 0.3) is 10.9 Å². The van der Waals surface area contributed by atoms with Crippen molar-refractivity contribution in [2.45, 2.75) is 6.54 Å². The molecule has 3 rings (SSSR count). The molecular weight excluding hydrogens is 278 g/mol. The van der Waals surface area contributed by atoms with Gasteiger partial charge in [0.1, 0.15) is 12.1 Å². The Hall–Kier alpha value is -2.61. The van der Waals surface area contributed by atoms with Crippen LogP contribution in [0.4, 0.5) is 11.5 Å². The lowest BCUT2D eigenvalue weighted by Crippen LogP contribution is -2.03. The summed E-state index contributed by atoms with van der Waals surface area (Å²) in [7, 11) is 0. The lowest BCUT2D eigenvalue weighted by molar-refractivity contribution is -0.384. The Kier molecular flexibility index (Phi) is 3.21. The number of nitro benzene ring substituents is 1. The third-order valence-electron chi connectivity index (χ3n) is 2.75. The highest BCUT2D eigenvalue weighted by Gasteiger charge is 2.10. The van der Waals surface area contributed by atoms with Crippen LogP contribution in [0.15, 0.2) is 35.4 Å². The summed E-state index contributed by atoms with van der Waals surface area (Å²) < 4.78 is 0. The second-order valence-electron chi connectivity index (χ2n) is 4.01. The number of non-ortho nitro benzene ring substituents is 1. The number of fused-ring (bicyclic) bond motifs is 1. The van der Waals surface area contributed by atoms with Crippen molar-refractivity contribution in [3.63, 3.8) is 0 Å². The van der Waals surface area contributed by atoms with Crippen LogP contribution in [0.3, 0.4) is 0 Å². The molecule has 0 aliphatic carbocycles. The smallest absolute Gasteiger partial charge is 0.270 e. The molecule has 0 atom stereocenters. The molecule has 0 saturated heterocycles. The normalized spacial score (nSPS) is 10.6. The lowest BCUT2D eigenvalue weighted by atomic mass is 10.2. The maximum Gasteiger partial charge on any atom is 0.270 e. The first-order valence-corrected chi connectivity index (χ1v) is 6.68. The van der Waals surface area contributed by atoms with Crippen LogP contribution >= 0.6 is 11.3 Å². The Morgan fingerprint density at radius 2 is 2.20 bits per heavy atom. The molecule has 20 heavy (non-hydrogen) atoms. The highest BCUT2D eigenvalue weighted by molar-refractivity contribution is 7.07. The minimum atomic E-state index is -0.434. The number of rotatable bonds is 4. The Bertz CT molecular complexity index is 760. The summed E-state index contributed by atoms with van der Waals surface area (Å²) >= 11 is 1.51. The minimum Gasteiger partial charge on any atom is -0.364 e. The molecule has 0 spiro atoms. The van der Waals surface area contributed by atoms with E-state index in [2.05, 4.69) is 20.3 Å². The van der Waals surface area contributed by atoms with Gasteiger partial charge in [-0.2, -0.15) is 0 Å². The Balaban J connectivity index is 1.96. The van der Waals surface area contributed by atoms with Gasteiger partial charge >= 0.3 is 0 Å². The number of nitro groups is 1. The minimum absolute atomic E-state index is 0.0176. The van der Waals surface area contributed by atoms with E-state index in [0.29, 0.717) is 23.3 Å². The summed E-state index contributed by atoms with van der Waals surface area (Å²) in [5.74, 6) is 0.562. The van der Waals surface area contributed by atoms with E-state index >= 15 is 0 Å². The number of hydrogen-bond acceptors (Lipinski definition) is 7. The summed E-state index contributed by atoms with van der Waals surface area (Å²) in [5.41, 5.74) is 3.32. The molecule has 1 N–H and O–H groups in total. The number of hydrogen-bond donors (Lipinski definition) is 1. The van der Waals surface area contributed by atoms with Gasteiger partial charge in [0.05, 0.1) is 28.2 Å². The second-order valence-corrected chi connectivity index (χ2v) is 4.73. The topological polar surface area (TPSA) is 93.8 Å². The zero-order valence-corrected chi connectivity index (χ0v) is 11.0. The van der Waals surface area contributed by atoms with E-state index in [1.165, 1.54) is 29.8 Å². The van der Waals surface area contributed by atoms with Crippen molar-refractivity contribution in [2.24, 2.45) is 0 Å². The molecule has 0 unspecified atom stereocenters. The Labute approximate surface area is 117 Å². The molecule has 1 aromatic carbocycles. The summed E-state index contributed by atoms with van der Waals surface area (Å²) in [4.78, 5) is 22.8. The Morgan fingerprint density at radius 3 is 2.95 bits per heavy atom. The number of aromatic nitrogens is 3. The lowest BCUT2D eigenvalue weighted by Gasteiger charge is -2.06. The molecule has 0 saturated carbocycles. The number of benzene rings is 1. The van der Waals surface area contributed by atoms with Crippen LogP contribution in [0.5, 0.6) is 0 Å². The van der Waals surface area contributed by atoms with Crippen LogP contribution < -0.4 is 5.32 Å². The maximum atomic E-state index is 10.8. The average Bonchev–Trinajstić information content (AvgIpc) is 2.97. The standard InChI is InChI=1S/C12H9N5O2S/c18-17(19)9-1-2-11-10(3-9)12(15-6-14-11)13-4-8-5-20-7-16-8/h1-3,5-7H,4H2,(H,13,14,15). The van der Waals surface area contributed by atoms with Gasteiger partial charge in [-0.25, -0.2) is 15.0 Å². The van der Waals surface area contributed by atoms with E-state index in [0.717, 1.165) is 5.69 Å². The fraction of sp³-hybridized carbons (Fsp3) is 0.0833. The molecule has 7 nitrogen and oxygen atoms in total. The second kappa shape index (κ2) is 5.17.